The Morgan fingerprint density at radius 1 is 1.45 bits per heavy atom. The summed E-state index contributed by atoms with van der Waals surface area (Å²) in [6.07, 6.45) is 0.565. The van der Waals surface area contributed by atoms with Gasteiger partial charge in [0, 0.05) is 4.88 Å². The van der Waals surface area contributed by atoms with Gasteiger partial charge in [0.1, 0.15) is 16.3 Å². The number of aryl methyl sites for hydroxylation is 3. The van der Waals surface area contributed by atoms with Crippen molar-refractivity contribution < 1.29 is 19.2 Å². The molecule has 0 saturated carbocycles. The van der Waals surface area contributed by atoms with Crippen LogP contribution in [0, 0.1) is 13.8 Å². The topological polar surface area (TPSA) is 92.4 Å². The molecule has 106 valence electrons. The zero-order chi connectivity index (χ0) is 14.9. The molecule has 0 aliphatic heterocycles. The summed E-state index contributed by atoms with van der Waals surface area (Å²) < 4.78 is 5.00. The number of aromatic carboxylic acids is 1. The number of hydrogen-bond acceptors (Lipinski definition) is 5. The minimum Gasteiger partial charge on any atom is -0.478 e. The van der Waals surface area contributed by atoms with Crippen molar-refractivity contribution in [3.8, 4) is 0 Å². The first-order valence-electron chi connectivity index (χ1n) is 6.04. The number of carbonyl (C=O) groups excluding carboxylic acids is 1. The van der Waals surface area contributed by atoms with Crippen molar-refractivity contribution in [2.75, 3.05) is 5.32 Å². The Labute approximate surface area is 119 Å². The summed E-state index contributed by atoms with van der Waals surface area (Å²) in [5.41, 5.74) is 1.02. The highest BCUT2D eigenvalue weighted by Crippen LogP contribution is 2.28. The molecule has 0 radical (unpaired) electrons. The second kappa shape index (κ2) is 5.46. The number of nitrogens with zero attached hydrogens (tertiary/aromatic N) is 1. The summed E-state index contributed by atoms with van der Waals surface area (Å²) in [7, 11) is 0. The fraction of sp³-hybridized carbons (Fsp3) is 0.308. The molecule has 0 unspecified atom stereocenters. The maximum Gasteiger partial charge on any atom is 0.338 e. The van der Waals surface area contributed by atoms with Crippen LogP contribution in [0.3, 0.4) is 0 Å². The molecule has 0 spiro atoms. The van der Waals surface area contributed by atoms with Gasteiger partial charge in [-0.3, -0.25) is 4.79 Å². The minimum absolute atomic E-state index is 0.0907. The van der Waals surface area contributed by atoms with Crippen molar-refractivity contribution in [3.05, 3.63) is 33.5 Å². The van der Waals surface area contributed by atoms with Gasteiger partial charge in [0.2, 0.25) is 0 Å². The molecular formula is C13H14N2O4S. The fourth-order valence-corrected chi connectivity index (χ4v) is 2.78. The van der Waals surface area contributed by atoms with Crippen LogP contribution in [0.15, 0.2) is 10.6 Å². The standard InChI is InChI=1S/C13H14N2O4S/c1-4-9-10(7(3)19-15-9)11(16)14-12-8(13(17)18)5-6(2)20-12/h5H,4H2,1-3H3,(H,14,16)(H,17,18). The smallest absolute Gasteiger partial charge is 0.338 e. The maximum atomic E-state index is 12.3. The summed E-state index contributed by atoms with van der Waals surface area (Å²) in [5, 5.41) is 15.9. The van der Waals surface area contributed by atoms with Gasteiger partial charge in [0.15, 0.2) is 0 Å². The molecule has 0 aliphatic rings. The van der Waals surface area contributed by atoms with E-state index in [9.17, 15) is 9.59 Å². The summed E-state index contributed by atoms with van der Waals surface area (Å²) in [6, 6.07) is 1.53. The maximum absolute atomic E-state index is 12.3. The monoisotopic (exact) mass is 294 g/mol. The number of aromatic nitrogens is 1. The molecule has 2 N–H and O–H groups in total. The predicted octanol–water partition coefficient (Wildman–Crippen LogP) is 2.87. The molecule has 0 saturated heterocycles. The molecule has 2 aromatic rings. The van der Waals surface area contributed by atoms with E-state index < -0.39 is 11.9 Å². The van der Waals surface area contributed by atoms with Gasteiger partial charge in [-0.2, -0.15) is 0 Å². The predicted molar refractivity (Wildman–Crippen MR) is 74.6 cm³/mol. The van der Waals surface area contributed by atoms with Crippen molar-refractivity contribution in [1.29, 1.82) is 0 Å². The Kier molecular flexibility index (Phi) is 3.89. The highest BCUT2D eigenvalue weighted by molar-refractivity contribution is 7.16. The Hall–Kier alpha value is -2.15. The molecule has 1 amide bonds. The van der Waals surface area contributed by atoms with Crippen LogP contribution in [0.2, 0.25) is 0 Å². The number of nitrogens with one attached hydrogen (secondary N) is 1. The Morgan fingerprint density at radius 3 is 2.75 bits per heavy atom. The third-order valence-corrected chi connectivity index (χ3v) is 3.77. The number of hydrogen-bond donors (Lipinski definition) is 2. The second-order valence-electron chi connectivity index (χ2n) is 4.27. The lowest BCUT2D eigenvalue weighted by atomic mass is 10.1. The first-order chi connectivity index (χ1) is 9.43. The van der Waals surface area contributed by atoms with Gasteiger partial charge < -0.3 is 14.9 Å². The van der Waals surface area contributed by atoms with Crippen molar-refractivity contribution >= 4 is 28.2 Å². The van der Waals surface area contributed by atoms with E-state index in [4.69, 9.17) is 9.63 Å². The van der Waals surface area contributed by atoms with Gasteiger partial charge >= 0.3 is 5.97 Å². The Bertz CT molecular complexity index is 672. The lowest BCUT2D eigenvalue weighted by Gasteiger charge is -2.04. The van der Waals surface area contributed by atoms with E-state index in [1.165, 1.54) is 17.4 Å². The largest absolute Gasteiger partial charge is 0.478 e. The molecule has 7 heteroatoms. The molecule has 0 atom stereocenters. The van der Waals surface area contributed by atoms with Crippen molar-refractivity contribution in [2.24, 2.45) is 0 Å². The van der Waals surface area contributed by atoms with Crippen LogP contribution < -0.4 is 5.32 Å². The fourth-order valence-electron chi connectivity index (χ4n) is 1.88. The van der Waals surface area contributed by atoms with Crippen LogP contribution in [0.1, 0.15) is 44.0 Å². The van der Waals surface area contributed by atoms with E-state index in [1.807, 2.05) is 6.92 Å². The number of carboxylic acids is 1. The quantitative estimate of drug-likeness (QED) is 0.904. The molecule has 0 fully saturated rings. The van der Waals surface area contributed by atoms with Gasteiger partial charge in [0.05, 0.1) is 11.3 Å². The molecule has 0 bridgehead atoms. The lowest BCUT2D eigenvalue weighted by molar-refractivity contribution is 0.0698. The van der Waals surface area contributed by atoms with Crippen molar-refractivity contribution in [2.45, 2.75) is 27.2 Å². The number of thiophene rings is 1. The second-order valence-corrected chi connectivity index (χ2v) is 5.53. The van der Waals surface area contributed by atoms with Gasteiger partial charge in [-0.25, -0.2) is 4.79 Å². The molecule has 6 nitrogen and oxygen atoms in total. The molecular weight excluding hydrogens is 280 g/mol. The van der Waals surface area contributed by atoms with Gasteiger partial charge in [-0.1, -0.05) is 12.1 Å². The number of amides is 1. The third kappa shape index (κ3) is 2.57. The molecule has 2 rings (SSSR count). The number of carbonyl (C=O) groups is 2. The van der Waals surface area contributed by atoms with Gasteiger partial charge in [-0.05, 0) is 26.3 Å². The summed E-state index contributed by atoms with van der Waals surface area (Å²) in [6.45, 7) is 5.31. The van der Waals surface area contributed by atoms with Crippen molar-refractivity contribution in [1.82, 2.24) is 5.16 Å². The number of carboxylic acid groups (broad SMARTS) is 1. The summed E-state index contributed by atoms with van der Waals surface area (Å²) in [5.74, 6) is -1.04. The first-order valence-corrected chi connectivity index (χ1v) is 6.85. The zero-order valence-electron chi connectivity index (χ0n) is 11.3. The van der Waals surface area contributed by atoms with Crippen LogP contribution in [0.5, 0.6) is 0 Å². The van der Waals surface area contributed by atoms with Crippen LogP contribution in [0.4, 0.5) is 5.00 Å². The average molecular weight is 294 g/mol. The Morgan fingerprint density at radius 2 is 2.15 bits per heavy atom. The minimum atomic E-state index is -1.07. The van der Waals surface area contributed by atoms with E-state index in [-0.39, 0.29) is 5.56 Å². The summed E-state index contributed by atoms with van der Waals surface area (Å²) in [4.78, 5) is 24.2. The molecule has 2 heterocycles. The third-order valence-electron chi connectivity index (χ3n) is 2.81. The SMILES string of the molecule is CCc1noc(C)c1C(=O)Nc1sc(C)cc1C(=O)O. The highest BCUT2D eigenvalue weighted by Gasteiger charge is 2.22. The van der Waals surface area contributed by atoms with Crippen LogP contribution in [-0.4, -0.2) is 22.1 Å². The van der Waals surface area contributed by atoms with Gasteiger partial charge in [-0.15, -0.1) is 11.3 Å². The molecule has 20 heavy (non-hydrogen) atoms. The zero-order valence-corrected chi connectivity index (χ0v) is 12.1. The number of anilines is 1. The average Bonchev–Trinajstić information content (AvgIpc) is 2.92. The van der Waals surface area contributed by atoms with Crippen molar-refractivity contribution in [3.63, 3.8) is 0 Å². The van der Waals surface area contributed by atoms with Crippen LogP contribution in [-0.2, 0) is 6.42 Å². The van der Waals surface area contributed by atoms with Crippen LogP contribution >= 0.6 is 11.3 Å². The highest BCUT2D eigenvalue weighted by atomic mass is 32.1. The number of rotatable bonds is 4. The van der Waals surface area contributed by atoms with Crippen LogP contribution in [0.25, 0.3) is 0 Å². The molecule has 2 aromatic heterocycles. The summed E-state index contributed by atoms with van der Waals surface area (Å²) >= 11 is 1.22. The molecule has 0 aromatic carbocycles. The van der Waals surface area contributed by atoms with Gasteiger partial charge in [0.25, 0.3) is 5.91 Å². The van der Waals surface area contributed by atoms with E-state index in [2.05, 4.69) is 10.5 Å². The molecule has 0 aliphatic carbocycles. The first kappa shape index (κ1) is 14.3. The van der Waals surface area contributed by atoms with E-state index in [0.29, 0.717) is 28.4 Å². The van der Waals surface area contributed by atoms with E-state index in [1.54, 1.807) is 13.8 Å². The normalized spacial score (nSPS) is 10.6. The van der Waals surface area contributed by atoms with E-state index >= 15 is 0 Å². The lowest BCUT2D eigenvalue weighted by Crippen LogP contribution is -2.15. The Balaban J connectivity index is 2.32. The van der Waals surface area contributed by atoms with E-state index in [0.717, 1.165) is 4.88 Å².